The zero-order valence-electron chi connectivity index (χ0n) is 14.0. The van der Waals surface area contributed by atoms with Crippen molar-refractivity contribution >= 4 is 5.96 Å². The predicted octanol–water partition coefficient (Wildman–Crippen LogP) is 2.90. The fraction of sp³-hybridized carbons (Fsp3) is 0.263. The van der Waals surface area contributed by atoms with Crippen LogP contribution >= 0.6 is 0 Å². The van der Waals surface area contributed by atoms with Gasteiger partial charge in [0.15, 0.2) is 5.96 Å². The Kier molecular flexibility index (Phi) is 7.34. The van der Waals surface area contributed by atoms with Crippen molar-refractivity contribution in [3.8, 4) is 5.75 Å². The molecule has 1 heterocycles. The molecule has 0 spiro atoms. The van der Waals surface area contributed by atoms with E-state index in [0.717, 1.165) is 29.5 Å². The molecule has 0 radical (unpaired) electrons. The molecule has 2 aromatic rings. The number of aromatic nitrogens is 1. The normalized spacial score (nSPS) is 11.0. The van der Waals surface area contributed by atoms with E-state index in [1.807, 2.05) is 49.4 Å². The van der Waals surface area contributed by atoms with Crippen LogP contribution in [0.25, 0.3) is 0 Å². The topological polar surface area (TPSA) is 58.5 Å². The summed E-state index contributed by atoms with van der Waals surface area (Å²) in [5.41, 5.74) is 2.03. The van der Waals surface area contributed by atoms with E-state index < -0.39 is 0 Å². The summed E-state index contributed by atoms with van der Waals surface area (Å²) in [7, 11) is 0. The van der Waals surface area contributed by atoms with Crippen molar-refractivity contribution in [2.75, 3.05) is 13.1 Å². The van der Waals surface area contributed by atoms with Crippen molar-refractivity contribution in [1.29, 1.82) is 0 Å². The zero-order valence-corrected chi connectivity index (χ0v) is 14.0. The average Bonchev–Trinajstić information content (AvgIpc) is 2.64. The van der Waals surface area contributed by atoms with E-state index in [2.05, 4.69) is 27.2 Å². The Balaban J connectivity index is 1.87. The molecule has 0 amide bonds. The molecule has 0 atom stereocenters. The molecule has 2 rings (SSSR count). The summed E-state index contributed by atoms with van der Waals surface area (Å²) in [6, 6.07) is 13.7. The molecular formula is C19H24N4O. The van der Waals surface area contributed by atoms with Gasteiger partial charge in [0, 0.05) is 19.3 Å². The molecule has 0 unspecified atom stereocenters. The van der Waals surface area contributed by atoms with Crippen molar-refractivity contribution in [3.63, 3.8) is 0 Å². The minimum atomic E-state index is 0.467. The van der Waals surface area contributed by atoms with E-state index in [4.69, 9.17) is 4.74 Å². The second-order valence-corrected chi connectivity index (χ2v) is 5.12. The van der Waals surface area contributed by atoms with Crippen molar-refractivity contribution in [2.24, 2.45) is 4.99 Å². The SMILES string of the molecule is C=CCNC(=NCc1ccc(OCc2ccccn2)cc1)NCC. The van der Waals surface area contributed by atoms with Crippen LogP contribution in [0.15, 0.2) is 66.3 Å². The number of rotatable bonds is 8. The fourth-order valence-electron chi connectivity index (χ4n) is 2.01. The Morgan fingerprint density at radius 1 is 1.21 bits per heavy atom. The Labute approximate surface area is 143 Å². The van der Waals surface area contributed by atoms with Crippen LogP contribution in [0.3, 0.4) is 0 Å². The number of benzene rings is 1. The van der Waals surface area contributed by atoms with Gasteiger partial charge in [-0.05, 0) is 36.8 Å². The van der Waals surface area contributed by atoms with E-state index in [-0.39, 0.29) is 0 Å². The number of ether oxygens (including phenoxy) is 1. The second kappa shape index (κ2) is 10.0. The fourth-order valence-corrected chi connectivity index (χ4v) is 2.01. The number of hydrogen-bond donors (Lipinski definition) is 2. The lowest BCUT2D eigenvalue weighted by Crippen LogP contribution is -2.37. The van der Waals surface area contributed by atoms with Gasteiger partial charge in [-0.15, -0.1) is 6.58 Å². The van der Waals surface area contributed by atoms with Gasteiger partial charge in [0.25, 0.3) is 0 Å². The molecule has 2 N–H and O–H groups in total. The number of nitrogens with one attached hydrogen (secondary N) is 2. The minimum absolute atomic E-state index is 0.467. The Bertz CT molecular complexity index is 638. The summed E-state index contributed by atoms with van der Waals surface area (Å²) in [4.78, 5) is 8.78. The molecule has 5 nitrogen and oxygen atoms in total. The molecule has 5 heteroatoms. The molecule has 0 saturated heterocycles. The average molecular weight is 324 g/mol. The highest BCUT2D eigenvalue weighted by atomic mass is 16.5. The maximum absolute atomic E-state index is 5.73. The molecule has 126 valence electrons. The third-order valence-electron chi connectivity index (χ3n) is 3.21. The van der Waals surface area contributed by atoms with Crippen molar-refractivity contribution < 1.29 is 4.74 Å². The van der Waals surface area contributed by atoms with E-state index in [9.17, 15) is 0 Å². The summed E-state index contributed by atoms with van der Waals surface area (Å²) in [6.45, 7) is 8.32. The van der Waals surface area contributed by atoms with Crippen molar-refractivity contribution in [2.45, 2.75) is 20.1 Å². The van der Waals surface area contributed by atoms with Gasteiger partial charge >= 0.3 is 0 Å². The lowest BCUT2D eigenvalue weighted by molar-refractivity contribution is 0.301. The Morgan fingerprint density at radius 3 is 2.71 bits per heavy atom. The van der Waals surface area contributed by atoms with Gasteiger partial charge in [-0.2, -0.15) is 0 Å². The lowest BCUT2D eigenvalue weighted by Gasteiger charge is -2.10. The number of hydrogen-bond acceptors (Lipinski definition) is 3. The first-order chi connectivity index (χ1) is 11.8. The van der Waals surface area contributed by atoms with Crippen LogP contribution in [-0.4, -0.2) is 24.0 Å². The maximum atomic E-state index is 5.73. The first kappa shape index (κ1) is 17.5. The lowest BCUT2D eigenvalue weighted by atomic mass is 10.2. The smallest absolute Gasteiger partial charge is 0.191 e. The summed E-state index contributed by atoms with van der Waals surface area (Å²) in [5, 5.41) is 6.38. The van der Waals surface area contributed by atoms with Crippen molar-refractivity contribution in [3.05, 3.63) is 72.6 Å². The van der Waals surface area contributed by atoms with Crippen molar-refractivity contribution in [1.82, 2.24) is 15.6 Å². The van der Waals surface area contributed by atoms with Gasteiger partial charge < -0.3 is 15.4 Å². The van der Waals surface area contributed by atoms with Crippen LogP contribution in [0.1, 0.15) is 18.2 Å². The molecule has 1 aromatic carbocycles. The molecular weight excluding hydrogens is 300 g/mol. The summed E-state index contributed by atoms with van der Waals surface area (Å²) in [6.07, 6.45) is 3.57. The second-order valence-electron chi connectivity index (χ2n) is 5.12. The Morgan fingerprint density at radius 2 is 2.04 bits per heavy atom. The molecule has 0 aliphatic heterocycles. The van der Waals surface area contributed by atoms with Gasteiger partial charge in [0.05, 0.1) is 12.2 Å². The first-order valence-electron chi connectivity index (χ1n) is 8.06. The highest BCUT2D eigenvalue weighted by Gasteiger charge is 1.99. The van der Waals surface area contributed by atoms with E-state index >= 15 is 0 Å². The van der Waals surface area contributed by atoms with E-state index in [1.165, 1.54) is 0 Å². The monoisotopic (exact) mass is 324 g/mol. The molecule has 0 bridgehead atoms. The zero-order chi connectivity index (χ0) is 17.0. The molecule has 24 heavy (non-hydrogen) atoms. The van der Waals surface area contributed by atoms with Gasteiger partial charge in [0.1, 0.15) is 12.4 Å². The summed E-state index contributed by atoms with van der Waals surface area (Å²) < 4.78 is 5.73. The number of aliphatic imine (C=N–C) groups is 1. The van der Waals surface area contributed by atoms with Crippen LogP contribution in [0, 0.1) is 0 Å². The highest BCUT2D eigenvalue weighted by molar-refractivity contribution is 5.79. The van der Waals surface area contributed by atoms with Gasteiger partial charge in [0.2, 0.25) is 0 Å². The summed E-state index contributed by atoms with van der Waals surface area (Å²) >= 11 is 0. The first-order valence-corrected chi connectivity index (χ1v) is 8.06. The van der Waals surface area contributed by atoms with Gasteiger partial charge in [-0.1, -0.05) is 24.3 Å². The largest absolute Gasteiger partial charge is 0.487 e. The Hall–Kier alpha value is -2.82. The minimum Gasteiger partial charge on any atom is -0.487 e. The number of guanidine groups is 1. The van der Waals surface area contributed by atoms with Crippen LogP contribution in [0.5, 0.6) is 5.75 Å². The quantitative estimate of drug-likeness (QED) is 0.445. The third-order valence-corrected chi connectivity index (χ3v) is 3.21. The number of pyridine rings is 1. The predicted molar refractivity (Wildman–Crippen MR) is 98.0 cm³/mol. The standard InChI is InChI=1S/C19H24N4O/c1-3-12-22-19(20-4-2)23-14-16-8-10-18(11-9-16)24-15-17-7-5-6-13-21-17/h3,5-11,13H,1,4,12,14-15H2,2H3,(H2,20,22,23). The summed E-state index contributed by atoms with van der Waals surface area (Å²) in [5.74, 6) is 1.61. The van der Waals surface area contributed by atoms with Gasteiger partial charge in [-0.3, -0.25) is 4.98 Å². The van der Waals surface area contributed by atoms with Crippen LogP contribution in [0.2, 0.25) is 0 Å². The molecule has 0 saturated carbocycles. The van der Waals surface area contributed by atoms with Crippen LogP contribution in [-0.2, 0) is 13.2 Å². The molecule has 0 aliphatic rings. The van der Waals surface area contributed by atoms with E-state index in [0.29, 0.717) is 19.7 Å². The molecule has 1 aromatic heterocycles. The molecule has 0 fully saturated rings. The number of nitrogens with zero attached hydrogens (tertiary/aromatic N) is 2. The van der Waals surface area contributed by atoms with Crippen LogP contribution < -0.4 is 15.4 Å². The van der Waals surface area contributed by atoms with Crippen LogP contribution in [0.4, 0.5) is 0 Å². The third kappa shape index (κ3) is 6.12. The molecule has 0 aliphatic carbocycles. The van der Waals surface area contributed by atoms with E-state index in [1.54, 1.807) is 12.3 Å². The van der Waals surface area contributed by atoms with Gasteiger partial charge in [-0.25, -0.2) is 4.99 Å². The highest BCUT2D eigenvalue weighted by Crippen LogP contribution is 2.14. The maximum Gasteiger partial charge on any atom is 0.191 e.